The lowest BCUT2D eigenvalue weighted by atomic mass is 10.1. The highest BCUT2D eigenvalue weighted by atomic mass is 16.6. The van der Waals surface area contributed by atoms with Crippen LogP contribution in [0.25, 0.3) is 0 Å². The van der Waals surface area contributed by atoms with Crippen LogP contribution in [0, 0.1) is 13.8 Å². The molecule has 0 fully saturated rings. The fourth-order valence-electron chi connectivity index (χ4n) is 2.52. The number of carbonyl (C=O) groups is 2. The van der Waals surface area contributed by atoms with Gasteiger partial charge in [0.2, 0.25) is 0 Å². The summed E-state index contributed by atoms with van der Waals surface area (Å²) in [6, 6.07) is 12.6. The van der Waals surface area contributed by atoms with Crippen LogP contribution in [-0.4, -0.2) is 24.6 Å². The largest absolute Gasteiger partial charge is 0.479 e. The number of hydrogen-bond acceptors (Lipinski definition) is 4. The Morgan fingerprint density at radius 2 is 1.78 bits per heavy atom. The highest BCUT2D eigenvalue weighted by molar-refractivity contribution is 6.04. The number of anilines is 1. The molecule has 0 spiro atoms. The van der Waals surface area contributed by atoms with Crippen LogP contribution in [0.1, 0.15) is 48.2 Å². The van der Waals surface area contributed by atoms with Gasteiger partial charge in [-0.2, -0.15) is 0 Å². The van der Waals surface area contributed by atoms with Crippen molar-refractivity contribution in [1.29, 1.82) is 0 Å². The van der Waals surface area contributed by atoms with Crippen molar-refractivity contribution in [3.05, 3.63) is 59.2 Å². The summed E-state index contributed by atoms with van der Waals surface area (Å²) in [5.41, 5.74) is 3.46. The van der Waals surface area contributed by atoms with Crippen molar-refractivity contribution < 1.29 is 19.1 Å². The molecule has 2 rings (SSSR count). The second kappa shape index (κ2) is 9.76. The maximum Gasteiger partial charge on any atom is 0.347 e. The Hall–Kier alpha value is -2.82. The number of nitrogens with one attached hydrogen (secondary N) is 1. The van der Waals surface area contributed by atoms with Crippen LogP contribution >= 0.6 is 0 Å². The van der Waals surface area contributed by atoms with Gasteiger partial charge >= 0.3 is 5.97 Å². The number of carbonyl (C=O) groups excluding carboxylic acids is 2. The lowest BCUT2D eigenvalue weighted by Gasteiger charge is -2.14. The van der Waals surface area contributed by atoms with Gasteiger partial charge in [0.15, 0.2) is 6.10 Å². The lowest BCUT2D eigenvalue weighted by molar-refractivity contribution is -0.151. The summed E-state index contributed by atoms with van der Waals surface area (Å²) < 4.78 is 10.7. The third kappa shape index (κ3) is 6.13. The van der Waals surface area contributed by atoms with Crippen LogP contribution in [0.15, 0.2) is 42.5 Å². The van der Waals surface area contributed by atoms with Gasteiger partial charge in [-0.25, -0.2) is 4.79 Å². The number of unbranched alkanes of at least 4 members (excludes halogenated alkanes) is 1. The highest BCUT2D eigenvalue weighted by Crippen LogP contribution is 2.19. The molecule has 0 aliphatic rings. The standard InChI is InChI=1S/C22H27NO4/c1-5-6-13-26-22(25)17(4)27-19-10-8-18(9-11-19)21(24)23-20-12-7-15(2)14-16(20)3/h7-12,14,17H,5-6,13H2,1-4H3,(H,23,24)/t17-/m0/s1. The molecular weight excluding hydrogens is 342 g/mol. The quantitative estimate of drug-likeness (QED) is 0.543. The predicted molar refractivity (Wildman–Crippen MR) is 106 cm³/mol. The molecule has 27 heavy (non-hydrogen) atoms. The Morgan fingerprint density at radius 3 is 2.41 bits per heavy atom. The first-order valence-electron chi connectivity index (χ1n) is 9.22. The molecule has 0 bridgehead atoms. The molecule has 5 heteroatoms. The second-order valence-corrected chi connectivity index (χ2v) is 6.58. The maximum atomic E-state index is 12.4. The third-order valence-electron chi connectivity index (χ3n) is 4.13. The van der Waals surface area contributed by atoms with E-state index in [9.17, 15) is 9.59 Å². The number of aryl methyl sites for hydroxylation is 2. The lowest BCUT2D eigenvalue weighted by Crippen LogP contribution is -2.26. The number of ether oxygens (including phenoxy) is 2. The number of hydrogen-bond donors (Lipinski definition) is 1. The maximum absolute atomic E-state index is 12.4. The predicted octanol–water partition coefficient (Wildman–Crippen LogP) is 4.67. The Morgan fingerprint density at radius 1 is 1.07 bits per heavy atom. The number of rotatable bonds is 8. The first-order valence-corrected chi connectivity index (χ1v) is 9.22. The van der Waals surface area contributed by atoms with E-state index in [2.05, 4.69) is 5.32 Å². The molecule has 0 saturated carbocycles. The highest BCUT2D eigenvalue weighted by Gasteiger charge is 2.16. The van der Waals surface area contributed by atoms with Crippen LogP contribution in [0.4, 0.5) is 5.69 Å². The summed E-state index contributed by atoms with van der Waals surface area (Å²) in [5, 5.41) is 2.91. The van der Waals surface area contributed by atoms with E-state index in [1.807, 2.05) is 39.0 Å². The van der Waals surface area contributed by atoms with Crippen LogP contribution < -0.4 is 10.1 Å². The van der Waals surface area contributed by atoms with E-state index < -0.39 is 6.10 Å². The average molecular weight is 369 g/mol. The Kier molecular flexibility index (Phi) is 7.41. The minimum absolute atomic E-state index is 0.194. The van der Waals surface area contributed by atoms with Crippen LogP contribution in [0.3, 0.4) is 0 Å². The minimum atomic E-state index is -0.697. The van der Waals surface area contributed by atoms with Gasteiger partial charge in [-0.3, -0.25) is 4.79 Å². The first-order chi connectivity index (χ1) is 12.9. The van der Waals surface area contributed by atoms with E-state index in [-0.39, 0.29) is 11.9 Å². The summed E-state index contributed by atoms with van der Waals surface area (Å²) in [5.74, 6) is -0.0707. The van der Waals surface area contributed by atoms with E-state index in [1.54, 1.807) is 31.2 Å². The zero-order valence-electron chi connectivity index (χ0n) is 16.4. The van der Waals surface area contributed by atoms with Gasteiger partial charge in [-0.05, 0) is 63.1 Å². The number of esters is 1. The molecule has 0 aliphatic carbocycles. The smallest absolute Gasteiger partial charge is 0.347 e. The molecule has 0 saturated heterocycles. The first kappa shape index (κ1) is 20.5. The molecule has 2 aromatic carbocycles. The topological polar surface area (TPSA) is 64.6 Å². The SMILES string of the molecule is CCCCOC(=O)[C@H](C)Oc1ccc(C(=O)Nc2ccc(C)cc2C)cc1. The van der Waals surface area contributed by atoms with Crippen molar-refractivity contribution in [1.82, 2.24) is 0 Å². The number of amides is 1. The van der Waals surface area contributed by atoms with Crippen molar-refractivity contribution in [2.24, 2.45) is 0 Å². The Bertz CT molecular complexity index is 783. The molecule has 0 aliphatic heterocycles. The third-order valence-corrected chi connectivity index (χ3v) is 4.13. The van der Waals surface area contributed by atoms with Crippen molar-refractivity contribution in [3.63, 3.8) is 0 Å². The number of benzene rings is 2. The summed E-state index contributed by atoms with van der Waals surface area (Å²) in [7, 11) is 0. The molecule has 1 N–H and O–H groups in total. The monoisotopic (exact) mass is 369 g/mol. The van der Waals surface area contributed by atoms with Gasteiger partial charge in [-0.15, -0.1) is 0 Å². The summed E-state index contributed by atoms with van der Waals surface area (Å²) in [6.45, 7) is 8.06. The molecule has 5 nitrogen and oxygen atoms in total. The normalized spacial score (nSPS) is 11.6. The van der Waals surface area contributed by atoms with Gasteiger partial charge in [0, 0.05) is 11.3 Å². The van der Waals surface area contributed by atoms with E-state index in [0.29, 0.717) is 17.9 Å². The zero-order chi connectivity index (χ0) is 19.8. The van der Waals surface area contributed by atoms with Crippen LogP contribution in [-0.2, 0) is 9.53 Å². The summed E-state index contributed by atoms with van der Waals surface area (Å²) >= 11 is 0. The van der Waals surface area contributed by atoms with E-state index in [4.69, 9.17) is 9.47 Å². The van der Waals surface area contributed by atoms with Crippen LogP contribution in [0.5, 0.6) is 5.75 Å². The van der Waals surface area contributed by atoms with E-state index >= 15 is 0 Å². The van der Waals surface area contributed by atoms with Gasteiger partial charge in [-0.1, -0.05) is 31.0 Å². The molecular formula is C22H27NO4. The van der Waals surface area contributed by atoms with Gasteiger partial charge < -0.3 is 14.8 Å². The molecule has 144 valence electrons. The second-order valence-electron chi connectivity index (χ2n) is 6.58. The minimum Gasteiger partial charge on any atom is -0.479 e. The Balaban J connectivity index is 1.93. The average Bonchev–Trinajstić information content (AvgIpc) is 2.64. The molecule has 1 atom stereocenters. The summed E-state index contributed by atoms with van der Waals surface area (Å²) in [4.78, 5) is 24.3. The van der Waals surface area contributed by atoms with Crippen molar-refractivity contribution >= 4 is 17.6 Å². The van der Waals surface area contributed by atoms with Gasteiger partial charge in [0.1, 0.15) is 5.75 Å². The molecule has 1 amide bonds. The van der Waals surface area contributed by atoms with Crippen molar-refractivity contribution in [2.75, 3.05) is 11.9 Å². The fraction of sp³-hybridized carbons (Fsp3) is 0.364. The van der Waals surface area contributed by atoms with Crippen molar-refractivity contribution in [2.45, 2.75) is 46.6 Å². The van der Waals surface area contributed by atoms with Crippen LogP contribution in [0.2, 0.25) is 0 Å². The molecule has 0 aromatic heterocycles. The summed E-state index contributed by atoms with van der Waals surface area (Å²) in [6.07, 6.45) is 1.11. The van der Waals surface area contributed by atoms with Crippen molar-refractivity contribution in [3.8, 4) is 5.75 Å². The Labute approximate surface area is 160 Å². The molecule has 0 radical (unpaired) electrons. The molecule has 0 heterocycles. The fourth-order valence-corrected chi connectivity index (χ4v) is 2.52. The van der Waals surface area contributed by atoms with Gasteiger partial charge in [0.25, 0.3) is 5.91 Å². The van der Waals surface area contributed by atoms with E-state index in [0.717, 1.165) is 29.7 Å². The molecule has 2 aromatic rings. The zero-order valence-corrected chi connectivity index (χ0v) is 16.4. The van der Waals surface area contributed by atoms with E-state index in [1.165, 1.54) is 0 Å². The molecule has 0 unspecified atom stereocenters. The van der Waals surface area contributed by atoms with Gasteiger partial charge in [0.05, 0.1) is 6.61 Å².